The van der Waals surface area contributed by atoms with Gasteiger partial charge in [0.05, 0.1) is 6.04 Å². The van der Waals surface area contributed by atoms with Crippen LogP contribution in [0.5, 0.6) is 0 Å². The Morgan fingerprint density at radius 3 is 2.16 bits per heavy atom. The van der Waals surface area contributed by atoms with E-state index in [0.29, 0.717) is 10.6 Å². The second-order valence-electron chi connectivity index (χ2n) is 3.92. The Bertz CT molecular complexity index is 587. The van der Waals surface area contributed by atoms with Gasteiger partial charge in [0, 0.05) is 10.6 Å². The average Bonchev–Trinajstić information content (AvgIpc) is 2.41. The van der Waals surface area contributed by atoms with Gasteiger partial charge in [-0.2, -0.15) is 0 Å². The van der Waals surface area contributed by atoms with E-state index in [0.717, 1.165) is 12.1 Å². The molecule has 0 saturated heterocycles. The highest BCUT2D eigenvalue weighted by atomic mass is 35.5. The van der Waals surface area contributed by atoms with Gasteiger partial charge < -0.3 is 0 Å². The molecule has 0 aliphatic carbocycles. The highest BCUT2D eigenvalue weighted by Crippen LogP contribution is 2.27. The van der Waals surface area contributed by atoms with Crippen LogP contribution in [0.3, 0.4) is 0 Å². The van der Waals surface area contributed by atoms with Crippen LogP contribution in [0.2, 0.25) is 5.02 Å². The number of hydrogen-bond donors (Lipinski definition) is 2. The van der Waals surface area contributed by atoms with E-state index in [1.54, 1.807) is 24.3 Å². The van der Waals surface area contributed by atoms with Crippen molar-refractivity contribution in [3.05, 3.63) is 70.0 Å². The smallest absolute Gasteiger partial charge is 0.194 e. The normalized spacial score (nSPS) is 12.5. The van der Waals surface area contributed by atoms with Crippen LogP contribution in [-0.4, -0.2) is 0 Å². The van der Waals surface area contributed by atoms with Crippen molar-refractivity contribution in [1.29, 1.82) is 0 Å². The first-order valence-electron chi connectivity index (χ1n) is 5.39. The molecule has 2 rings (SSSR count). The molecule has 2 aromatic rings. The van der Waals surface area contributed by atoms with E-state index in [4.69, 9.17) is 17.4 Å². The first kappa shape index (κ1) is 13.9. The van der Waals surface area contributed by atoms with E-state index in [1.165, 1.54) is 0 Å². The zero-order valence-electron chi connectivity index (χ0n) is 9.63. The van der Waals surface area contributed by atoms with Gasteiger partial charge in [-0.05, 0) is 23.8 Å². The molecule has 0 spiro atoms. The van der Waals surface area contributed by atoms with Gasteiger partial charge in [-0.3, -0.25) is 5.84 Å². The molecule has 0 amide bonds. The minimum atomic E-state index is -1.52. The summed E-state index contributed by atoms with van der Waals surface area (Å²) in [7, 11) is 0. The van der Waals surface area contributed by atoms with Crippen LogP contribution in [-0.2, 0) is 0 Å². The molecule has 19 heavy (non-hydrogen) atoms. The first-order valence-corrected chi connectivity index (χ1v) is 5.77. The van der Waals surface area contributed by atoms with Crippen LogP contribution in [0, 0.1) is 17.5 Å². The van der Waals surface area contributed by atoms with Gasteiger partial charge in [-0.25, -0.2) is 18.6 Å². The van der Waals surface area contributed by atoms with Crippen LogP contribution in [0.4, 0.5) is 13.2 Å². The van der Waals surface area contributed by atoms with Crippen molar-refractivity contribution in [1.82, 2.24) is 5.43 Å². The fourth-order valence-electron chi connectivity index (χ4n) is 1.78. The average molecular weight is 287 g/mol. The van der Waals surface area contributed by atoms with Crippen molar-refractivity contribution >= 4 is 11.6 Å². The second-order valence-corrected chi connectivity index (χ2v) is 4.35. The molecular formula is C13H10ClF3N2. The van der Waals surface area contributed by atoms with Crippen LogP contribution in [0.25, 0.3) is 0 Å². The maximum atomic E-state index is 13.7. The third-order valence-corrected chi connectivity index (χ3v) is 3.00. The number of halogens is 4. The van der Waals surface area contributed by atoms with Crippen molar-refractivity contribution in [2.24, 2.45) is 5.84 Å². The lowest BCUT2D eigenvalue weighted by atomic mass is 9.98. The third kappa shape index (κ3) is 2.73. The highest BCUT2D eigenvalue weighted by Gasteiger charge is 2.21. The molecule has 1 atom stereocenters. The van der Waals surface area contributed by atoms with Crippen LogP contribution >= 0.6 is 11.6 Å². The summed E-state index contributed by atoms with van der Waals surface area (Å²) in [6, 6.07) is 7.63. The Morgan fingerprint density at radius 1 is 0.947 bits per heavy atom. The number of benzene rings is 2. The summed E-state index contributed by atoms with van der Waals surface area (Å²) >= 11 is 5.75. The van der Waals surface area contributed by atoms with Gasteiger partial charge in [-0.1, -0.05) is 29.8 Å². The van der Waals surface area contributed by atoms with Crippen LogP contribution in [0.15, 0.2) is 36.4 Å². The third-order valence-electron chi connectivity index (χ3n) is 2.75. The molecule has 0 aliphatic rings. The molecule has 0 aliphatic heterocycles. The molecule has 3 N–H and O–H groups in total. The first-order chi connectivity index (χ1) is 9.04. The zero-order valence-corrected chi connectivity index (χ0v) is 10.4. The molecule has 2 aromatic carbocycles. The standard InChI is InChI=1S/C13H10ClF3N2/c14-8-3-1-7(2-4-8)13(19-18)9-5-6-10(15)12(17)11(9)16/h1-6,13,19H,18H2. The molecule has 0 fully saturated rings. The Kier molecular flexibility index (Phi) is 4.09. The van der Waals surface area contributed by atoms with Crippen molar-refractivity contribution in [3.8, 4) is 0 Å². The number of rotatable bonds is 3. The molecule has 0 heterocycles. The zero-order chi connectivity index (χ0) is 14.0. The second kappa shape index (κ2) is 5.61. The van der Waals surface area contributed by atoms with Gasteiger partial charge in [0.15, 0.2) is 17.5 Å². The summed E-state index contributed by atoms with van der Waals surface area (Å²) in [6.07, 6.45) is 0. The minimum absolute atomic E-state index is 0.0799. The van der Waals surface area contributed by atoms with Gasteiger partial charge in [0.25, 0.3) is 0 Å². The van der Waals surface area contributed by atoms with Gasteiger partial charge in [0.1, 0.15) is 0 Å². The molecule has 0 aromatic heterocycles. The summed E-state index contributed by atoms with van der Waals surface area (Å²) in [6.45, 7) is 0. The van der Waals surface area contributed by atoms with E-state index in [1.807, 2.05) is 0 Å². The largest absolute Gasteiger partial charge is 0.271 e. The monoisotopic (exact) mass is 286 g/mol. The highest BCUT2D eigenvalue weighted by molar-refractivity contribution is 6.30. The van der Waals surface area contributed by atoms with Crippen molar-refractivity contribution in [3.63, 3.8) is 0 Å². The number of nitrogens with one attached hydrogen (secondary N) is 1. The van der Waals surface area contributed by atoms with Crippen LogP contribution in [0.1, 0.15) is 17.2 Å². The quantitative estimate of drug-likeness (QED) is 0.516. The van der Waals surface area contributed by atoms with Crippen molar-refractivity contribution < 1.29 is 13.2 Å². The lowest BCUT2D eigenvalue weighted by Crippen LogP contribution is -2.29. The fraction of sp³-hybridized carbons (Fsp3) is 0.0769. The predicted molar refractivity (Wildman–Crippen MR) is 66.9 cm³/mol. The topological polar surface area (TPSA) is 38.0 Å². The van der Waals surface area contributed by atoms with E-state index in [-0.39, 0.29) is 5.56 Å². The number of hydrazine groups is 1. The molecule has 0 saturated carbocycles. The predicted octanol–water partition coefficient (Wildman–Crippen LogP) is 3.31. The Balaban J connectivity index is 2.48. The summed E-state index contributed by atoms with van der Waals surface area (Å²) in [5.74, 6) is 1.34. The number of nitrogens with two attached hydrogens (primary N) is 1. The summed E-state index contributed by atoms with van der Waals surface area (Å²) < 4.78 is 39.9. The molecule has 1 unspecified atom stereocenters. The SMILES string of the molecule is NNC(c1ccc(Cl)cc1)c1ccc(F)c(F)c1F. The number of hydrogen-bond acceptors (Lipinski definition) is 2. The maximum Gasteiger partial charge on any atom is 0.194 e. The van der Waals surface area contributed by atoms with E-state index >= 15 is 0 Å². The molecule has 0 bridgehead atoms. The van der Waals surface area contributed by atoms with Gasteiger partial charge in [0.2, 0.25) is 0 Å². The van der Waals surface area contributed by atoms with Crippen LogP contribution < -0.4 is 11.3 Å². The lowest BCUT2D eigenvalue weighted by Gasteiger charge is -2.18. The van der Waals surface area contributed by atoms with Crippen molar-refractivity contribution in [2.45, 2.75) is 6.04 Å². The minimum Gasteiger partial charge on any atom is -0.271 e. The van der Waals surface area contributed by atoms with E-state index in [2.05, 4.69) is 5.43 Å². The summed E-state index contributed by atoms with van der Waals surface area (Å²) in [4.78, 5) is 0. The Morgan fingerprint density at radius 2 is 1.58 bits per heavy atom. The molecule has 2 nitrogen and oxygen atoms in total. The van der Waals surface area contributed by atoms with Crippen molar-refractivity contribution in [2.75, 3.05) is 0 Å². The molecule has 100 valence electrons. The van der Waals surface area contributed by atoms with E-state index in [9.17, 15) is 13.2 Å². The lowest BCUT2D eigenvalue weighted by molar-refractivity contribution is 0.433. The summed E-state index contributed by atoms with van der Waals surface area (Å²) in [5, 5.41) is 0.505. The fourth-order valence-corrected chi connectivity index (χ4v) is 1.91. The van der Waals surface area contributed by atoms with E-state index < -0.39 is 23.5 Å². The van der Waals surface area contributed by atoms with Gasteiger partial charge in [-0.15, -0.1) is 0 Å². The molecule has 0 radical (unpaired) electrons. The summed E-state index contributed by atoms with van der Waals surface area (Å²) in [5.41, 5.74) is 2.87. The molecule has 6 heteroatoms. The Labute approximate surface area is 113 Å². The molecular weight excluding hydrogens is 277 g/mol. The Hall–Kier alpha value is -1.56. The maximum absolute atomic E-state index is 13.7. The van der Waals surface area contributed by atoms with Gasteiger partial charge >= 0.3 is 0 Å².